The third-order valence-electron chi connectivity index (χ3n) is 4.59. The van der Waals surface area contributed by atoms with E-state index in [1.54, 1.807) is 6.92 Å². The van der Waals surface area contributed by atoms with Crippen molar-refractivity contribution in [3.63, 3.8) is 0 Å². The molecule has 27 heavy (non-hydrogen) atoms. The molecule has 0 saturated carbocycles. The van der Waals surface area contributed by atoms with Crippen LogP contribution in [-0.2, 0) is 9.32 Å². The number of hydrogen-bond donors (Lipinski definition) is 0. The van der Waals surface area contributed by atoms with Crippen molar-refractivity contribution in [2.75, 3.05) is 0 Å². The van der Waals surface area contributed by atoms with Gasteiger partial charge in [-0.3, -0.25) is 4.79 Å². The maximum atomic E-state index is 12.0. The summed E-state index contributed by atoms with van der Waals surface area (Å²) in [5, 5.41) is 7.58. The second-order valence-corrected chi connectivity index (χ2v) is 9.60. The fourth-order valence-electron chi connectivity index (χ4n) is 3.12. The lowest BCUT2D eigenvalue weighted by Gasteiger charge is -2.30. The summed E-state index contributed by atoms with van der Waals surface area (Å²) in [6.45, 7) is 3.55. The zero-order valence-corrected chi connectivity index (χ0v) is 16.6. The van der Waals surface area contributed by atoms with Crippen molar-refractivity contribution in [1.29, 1.82) is 0 Å². The summed E-state index contributed by atoms with van der Waals surface area (Å²) in [6.07, 6.45) is 0.412. The molecule has 0 bridgehead atoms. The molecule has 0 aliphatic heterocycles. The fourth-order valence-corrected chi connectivity index (χ4v) is 6.70. The minimum atomic E-state index is -2.88. The molecule has 3 nitrogen and oxygen atoms in total. The van der Waals surface area contributed by atoms with Gasteiger partial charge in [-0.15, -0.1) is 5.16 Å². The molecule has 136 valence electrons. The molecule has 4 heteroatoms. The zero-order valence-electron chi connectivity index (χ0n) is 15.6. The van der Waals surface area contributed by atoms with Crippen molar-refractivity contribution in [1.82, 2.24) is 0 Å². The van der Waals surface area contributed by atoms with Crippen LogP contribution in [0.15, 0.2) is 96.2 Å². The summed E-state index contributed by atoms with van der Waals surface area (Å²) in [5.41, 5.74) is 0.400. The molecule has 3 aromatic carbocycles. The zero-order chi connectivity index (χ0) is 19.1. The lowest BCUT2D eigenvalue weighted by Crippen LogP contribution is -2.68. The first kappa shape index (κ1) is 18.8. The number of Topliss-reactive ketones (excluding diaryl/α,β-unsaturated/α-hetero) is 1. The van der Waals surface area contributed by atoms with E-state index in [4.69, 9.17) is 4.53 Å². The van der Waals surface area contributed by atoms with Gasteiger partial charge in [-0.05, 0) is 22.5 Å². The van der Waals surface area contributed by atoms with Gasteiger partial charge in [-0.2, -0.15) is 0 Å². The minimum absolute atomic E-state index is 0.00733. The lowest BCUT2D eigenvalue weighted by molar-refractivity contribution is -0.112. The van der Waals surface area contributed by atoms with Gasteiger partial charge in [0, 0.05) is 6.42 Å². The third-order valence-corrected chi connectivity index (χ3v) is 8.39. The first-order valence-corrected chi connectivity index (χ1v) is 11.0. The van der Waals surface area contributed by atoms with Gasteiger partial charge in [0.1, 0.15) is 5.71 Å². The molecule has 3 aromatic rings. The van der Waals surface area contributed by atoms with E-state index < -0.39 is 8.32 Å². The van der Waals surface area contributed by atoms with Gasteiger partial charge in [0.15, 0.2) is 5.78 Å². The molecular formula is C23H23NO2Si. The molecule has 0 amide bonds. The fraction of sp³-hybridized carbons (Fsp3) is 0.130. The molecule has 3 rings (SSSR count). The van der Waals surface area contributed by atoms with Crippen LogP contribution in [0.25, 0.3) is 0 Å². The SMILES string of the molecule is CCC(=O)C(C)=NO[Si](c1ccccc1)(c1ccccc1)c1ccccc1. The quantitative estimate of drug-likeness (QED) is 0.276. The summed E-state index contributed by atoms with van der Waals surface area (Å²) in [4.78, 5) is 12.0. The normalized spacial score (nSPS) is 11.9. The highest BCUT2D eigenvalue weighted by atomic mass is 28.4. The van der Waals surface area contributed by atoms with Crippen LogP contribution in [-0.4, -0.2) is 19.8 Å². The molecule has 0 spiro atoms. The highest BCUT2D eigenvalue weighted by Crippen LogP contribution is 2.10. The standard InChI is InChI=1S/C23H23NO2Si/c1-3-23(25)19(2)24-26-27(20-13-7-4-8-14-20,21-15-9-5-10-16-21)22-17-11-6-12-18-22/h4-18H,3H2,1-2H3. The molecular weight excluding hydrogens is 350 g/mol. The second kappa shape index (κ2) is 8.60. The second-order valence-electron chi connectivity index (χ2n) is 6.32. The van der Waals surface area contributed by atoms with Gasteiger partial charge in [-0.1, -0.05) is 97.9 Å². The van der Waals surface area contributed by atoms with E-state index in [9.17, 15) is 4.79 Å². The van der Waals surface area contributed by atoms with Crippen LogP contribution in [0, 0.1) is 0 Å². The number of benzene rings is 3. The van der Waals surface area contributed by atoms with Gasteiger partial charge in [0.05, 0.1) is 0 Å². The number of carbonyl (C=O) groups is 1. The number of carbonyl (C=O) groups excluding carboxylic acids is 1. The van der Waals surface area contributed by atoms with E-state index in [0.29, 0.717) is 12.1 Å². The van der Waals surface area contributed by atoms with Crippen molar-refractivity contribution in [3.8, 4) is 0 Å². The third kappa shape index (κ3) is 3.91. The van der Waals surface area contributed by atoms with Gasteiger partial charge in [0.25, 0.3) is 0 Å². The van der Waals surface area contributed by atoms with Gasteiger partial charge < -0.3 is 4.53 Å². The largest absolute Gasteiger partial charge is 0.438 e. The number of hydrogen-bond acceptors (Lipinski definition) is 3. The first-order valence-electron chi connectivity index (χ1n) is 9.11. The number of nitrogens with zero attached hydrogens (tertiary/aromatic N) is 1. The Labute approximate surface area is 161 Å². The predicted molar refractivity (Wildman–Crippen MR) is 113 cm³/mol. The van der Waals surface area contributed by atoms with E-state index >= 15 is 0 Å². The van der Waals surface area contributed by atoms with E-state index in [1.165, 1.54) is 0 Å². The van der Waals surface area contributed by atoms with Gasteiger partial charge >= 0.3 is 8.32 Å². The summed E-state index contributed by atoms with van der Waals surface area (Å²) >= 11 is 0. The molecule has 0 aromatic heterocycles. The van der Waals surface area contributed by atoms with Gasteiger partial charge in [0.2, 0.25) is 0 Å². The summed E-state index contributed by atoms with van der Waals surface area (Å²) in [6, 6.07) is 30.6. The van der Waals surface area contributed by atoms with Crippen molar-refractivity contribution < 1.29 is 9.32 Å². The topological polar surface area (TPSA) is 38.7 Å². The Balaban J connectivity index is 2.24. The molecule has 0 saturated heterocycles. The molecule has 0 atom stereocenters. The van der Waals surface area contributed by atoms with Gasteiger partial charge in [-0.25, -0.2) is 0 Å². The maximum absolute atomic E-state index is 12.0. The Bertz CT molecular complexity index is 812. The Kier molecular flexibility index (Phi) is 5.99. The Morgan fingerprint density at radius 2 is 1.15 bits per heavy atom. The molecule has 0 aliphatic carbocycles. The highest BCUT2D eigenvalue weighted by molar-refractivity contribution is 7.07. The van der Waals surface area contributed by atoms with Crippen LogP contribution in [0.4, 0.5) is 0 Å². The Morgan fingerprint density at radius 3 is 1.48 bits per heavy atom. The van der Waals surface area contributed by atoms with Crippen molar-refractivity contribution in [2.24, 2.45) is 5.16 Å². The van der Waals surface area contributed by atoms with Crippen LogP contribution in [0.5, 0.6) is 0 Å². The Morgan fingerprint density at radius 1 is 0.778 bits per heavy atom. The predicted octanol–water partition coefficient (Wildman–Crippen LogP) is 3.03. The van der Waals surface area contributed by atoms with E-state index in [2.05, 4.69) is 41.6 Å². The van der Waals surface area contributed by atoms with Crippen LogP contribution < -0.4 is 15.6 Å². The van der Waals surface area contributed by atoms with E-state index in [0.717, 1.165) is 15.6 Å². The van der Waals surface area contributed by atoms with E-state index in [1.807, 2.05) is 61.5 Å². The highest BCUT2D eigenvalue weighted by Gasteiger charge is 2.45. The van der Waals surface area contributed by atoms with E-state index in [-0.39, 0.29) is 5.78 Å². The summed E-state index contributed by atoms with van der Waals surface area (Å²) in [5.74, 6) is -0.00733. The van der Waals surface area contributed by atoms with Crippen LogP contribution in [0.2, 0.25) is 0 Å². The summed E-state index contributed by atoms with van der Waals surface area (Å²) < 4.78 is 6.38. The molecule has 0 heterocycles. The monoisotopic (exact) mass is 373 g/mol. The molecule has 0 N–H and O–H groups in total. The molecule has 0 aliphatic rings. The summed E-state index contributed by atoms with van der Waals surface area (Å²) in [7, 11) is -2.88. The minimum Gasteiger partial charge on any atom is -0.438 e. The van der Waals surface area contributed by atoms with Crippen LogP contribution in [0.1, 0.15) is 20.3 Å². The number of ketones is 1. The smallest absolute Gasteiger partial charge is 0.380 e. The first-order chi connectivity index (χ1) is 13.2. The molecule has 0 unspecified atom stereocenters. The number of oxime groups is 1. The average molecular weight is 374 g/mol. The van der Waals surface area contributed by atoms with Crippen molar-refractivity contribution in [3.05, 3.63) is 91.0 Å². The molecule has 0 radical (unpaired) electrons. The number of rotatable bonds is 7. The van der Waals surface area contributed by atoms with Crippen LogP contribution >= 0.6 is 0 Å². The average Bonchev–Trinajstić information content (AvgIpc) is 2.75. The lowest BCUT2D eigenvalue weighted by atomic mass is 10.2. The molecule has 0 fully saturated rings. The maximum Gasteiger partial charge on any atom is 0.380 e. The van der Waals surface area contributed by atoms with Crippen molar-refractivity contribution in [2.45, 2.75) is 20.3 Å². The Hall–Kier alpha value is -2.98. The van der Waals surface area contributed by atoms with Crippen LogP contribution in [0.3, 0.4) is 0 Å². The van der Waals surface area contributed by atoms with Crippen molar-refractivity contribution >= 4 is 35.4 Å².